The third kappa shape index (κ3) is 4.70. The number of amides is 4. The number of nitrogens with zero attached hydrogens (tertiary/aromatic N) is 2. The van der Waals surface area contributed by atoms with Gasteiger partial charge in [0.1, 0.15) is 5.54 Å². The van der Waals surface area contributed by atoms with E-state index in [9.17, 15) is 14.4 Å². The lowest BCUT2D eigenvalue weighted by Gasteiger charge is -2.34. The highest BCUT2D eigenvalue weighted by molar-refractivity contribution is 6.07. The van der Waals surface area contributed by atoms with Crippen LogP contribution in [0.4, 0.5) is 4.79 Å². The van der Waals surface area contributed by atoms with Gasteiger partial charge >= 0.3 is 6.03 Å². The van der Waals surface area contributed by atoms with Crippen molar-refractivity contribution in [2.45, 2.75) is 45.6 Å². The molecule has 7 nitrogen and oxygen atoms in total. The molecule has 1 aromatic carbocycles. The van der Waals surface area contributed by atoms with Crippen molar-refractivity contribution in [3.63, 3.8) is 0 Å². The van der Waals surface area contributed by atoms with E-state index in [4.69, 9.17) is 0 Å². The Morgan fingerprint density at radius 1 is 1.18 bits per heavy atom. The smallest absolute Gasteiger partial charge is 0.322 e. The lowest BCUT2D eigenvalue weighted by Crippen LogP contribution is -2.52. The van der Waals surface area contributed by atoms with Crippen LogP contribution in [0.5, 0.6) is 0 Å². The van der Waals surface area contributed by atoms with Crippen molar-refractivity contribution < 1.29 is 14.4 Å². The molecule has 2 heterocycles. The van der Waals surface area contributed by atoms with Crippen LogP contribution in [-0.2, 0) is 16.0 Å². The van der Waals surface area contributed by atoms with E-state index in [1.807, 2.05) is 30.3 Å². The highest BCUT2D eigenvalue weighted by Gasteiger charge is 2.48. The third-order valence-corrected chi connectivity index (χ3v) is 5.57. The van der Waals surface area contributed by atoms with E-state index < -0.39 is 17.5 Å². The molecule has 0 aromatic heterocycles. The van der Waals surface area contributed by atoms with Gasteiger partial charge in [0.2, 0.25) is 0 Å². The minimum atomic E-state index is -1.02. The Morgan fingerprint density at radius 3 is 2.46 bits per heavy atom. The number of urea groups is 1. The first-order valence-electron chi connectivity index (χ1n) is 9.99. The van der Waals surface area contributed by atoms with Gasteiger partial charge in [-0.25, -0.2) is 4.79 Å². The summed E-state index contributed by atoms with van der Waals surface area (Å²) in [5.74, 6) is 0.323. The molecule has 2 fully saturated rings. The number of benzene rings is 1. The molecule has 3 unspecified atom stereocenters. The Kier molecular flexibility index (Phi) is 6.03. The average molecular weight is 386 g/mol. The zero-order valence-electron chi connectivity index (χ0n) is 16.9. The monoisotopic (exact) mass is 386 g/mol. The van der Waals surface area contributed by atoms with Gasteiger partial charge in [0.05, 0.1) is 6.54 Å². The number of likely N-dealkylation sites (tertiary alicyclic amines) is 1. The number of hydrogen-bond donors (Lipinski definition) is 2. The number of carbonyl (C=O) groups excluding carboxylic acids is 3. The van der Waals surface area contributed by atoms with Crippen LogP contribution >= 0.6 is 0 Å². The number of hydrazine groups is 1. The molecular weight excluding hydrogens is 356 g/mol. The topological polar surface area (TPSA) is 81.8 Å². The second-order valence-corrected chi connectivity index (χ2v) is 8.56. The molecule has 28 heavy (non-hydrogen) atoms. The number of nitrogens with one attached hydrogen (secondary N) is 2. The summed E-state index contributed by atoms with van der Waals surface area (Å²) in [5, 5.41) is 3.57. The quantitative estimate of drug-likeness (QED) is 0.732. The van der Waals surface area contributed by atoms with Crippen LogP contribution in [0.15, 0.2) is 30.3 Å². The van der Waals surface area contributed by atoms with Crippen LogP contribution in [0, 0.1) is 11.8 Å². The highest BCUT2D eigenvalue weighted by Crippen LogP contribution is 2.23. The van der Waals surface area contributed by atoms with Crippen molar-refractivity contribution in [3.05, 3.63) is 35.9 Å². The molecule has 2 aliphatic heterocycles. The summed E-state index contributed by atoms with van der Waals surface area (Å²) in [5.41, 5.74) is 2.58. The normalized spacial score (nSPS) is 28.3. The van der Waals surface area contributed by atoms with Crippen LogP contribution in [0.1, 0.15) is 39.2 Å². The summed E-state index contributed by atoms with van der Waals surface area (Å²) in [4.78, 5) is 39.6. The number of imide groups is 1. The standard InChI is InChI=1S/C21H30N4O3/c1-15-11-16(2)13-24(12-15)14-18(26)23-25-19(27)21(3,22-20(25)28)10-9-17-7-5-4-6-8-17/h4-8,15-16H,9-14H2,1-3H3,(H,22,28)(H,23,26). The third-order valence-electron chi connectivity index (χ3n) is 5.57. The van der Waals surface area contributed by atoms with Crippen molar-refractivity contribution in [2.24, 2.45) is 11.8 Å². The second-order valence-electron chi connectivity index (χ2n) is 8.56. The molecule has 0 saturated carbocycles. The van der Waals surface area contributed by atoms with E-state index in [1.165, 1.54) is 0 Å². The van der Waals surface area contributed by atoms with Gasteiger partial charge in [-0.3, -0.25) is 19.9 Å². The molecule has 3 rings (SSSR count). The second kappa shape index (κ2) is 8.31. The highest BCUT2D eigenvalue weighted by atomic mass is 16.2. The van der Waals surface area contributed by atoms with Crippen LogP contribution in [-0.4, -0.2) is 52.9 Å². The minimum absolute atomic E-state index is 0.187. The van der Waals surface area contributed by atoms with Crippen molar-refractivity contribution in [1.29, 1.82) is 0 Å². The summed E-state index contributed by atoms with van der Waals surface area (Å²) >= 11 is 0. The predicted molar refractivity (Wildman–Crippen MR) is 106 cm³/mol. The van der Waals surface area contributed by atoms with E-state index in [0.717, 1.165) is 30.1 Å². The van der Waals surface area contributed by atoms with Gasteiger partial charge in [0, 0.05) is 13.1 Å². The first-order valence-corrected chi connectivity index (χ1v) is 9.99. The van der Waals surface area contributed by atoms with Gasteiger partial charge in [-0.15, -0.1) is 0 Å². The number of carbonyl (C=O) groups is 3. The van der Waals surface area contributed by atoms with Crippen molar-refractivity contribution in [3.8, 4) is 0 Å². The fraction of sp³-hybridized carbons (Fsp3) is 0.571. The molecule has 0 bridgehead atoms. The Labute approximate surface area is 166 Å². The fourth-order valence-electron chi connectivity index (χ4n) is 4.28. The van der Waals surface area contributed by atoms with E-state index in [-0.39, 0.29) is 12.5 Å². The van der Waals surface area contributed by atoms with Crippen molar-refractivity contribution in [1.82, 2.24) is 20.7 Å². The van der Waals surface area contributed by atoms with Gasteiger partial charge in [-0.2, -0.15) is 5.01 Å². The summed E-state index contributed by atoms with van der Waals surface area (Å²) in [6.45, 7) is 7.95. The molecule has 1 aromatic rings. The Balaban J connectivity index is 1.56. The maximum absolute atomic E-state index is 12.8. The molecule has 152 valence electrons. The minimum Gasteiger partial charge on any atom is -0.322 e. The average Bonchev–Trinajstić information content (AvgIpc) is 2.83. The Bertz CT molecular complexity index is 728. The molecular formula is C21H30N4O3. The first-order chi connectivity index (χ1) is 13.3. The molecule has 3 atom stereocenters. The van der Waals surface area contributed by atoms with Crippen LogP contribution in [0.25, 0.3) is 0 Å². The summed E-state index contributed by atoms with van der Waals surface area (Å²) in [6, 6.07) is 9.24. The largest absolute Gasteiger partial charge is 0.344 e. The zero-order valence-corrected chi connectivity index (χ0v) is 16.9. The van der Waals surface area contributed by atoms with Gasteiger partial charge < -0.3 is 5.32 Å². The van der Waals surface area contributed by atoms with E-state index >= 15 is 0 Å². The van der Waals surface area contributed by atoms with E-state index in [1.54, 1.807) is 6.92 Å². The van der Waals surface area contributed by atoms with Gasteiger partial charge in [0.15, 0.2) is 0 Å². The SMILES string of the molecule is CC1CC(C)CN(CC(=O)NN2C(=O)NC(C)(CCc3ccccc3)C2=O)C1. The lowest BCUT2D eigenvalue weighted by molar-refractivity contribution is -0.139. The van der Waals surface area contributed by atoms with Crippen LogP contribution in [0.3, 0.4) is 0 Å². The van der Waals surface area contributed by atoms with E-state index in [0.29, 0.717) is 24.7 Å². The molecule has 0 spiro atoms. The van der Waals surface area contributed by atoms with Crippen LogP contribution < -0.4 is 10.7 Å². The van der Waals surface area contributed by atoms with E-state index in [2.05, 4.69) is 29.5 Å². The molecule has 2 aliphatic rings. The zero-order chi connectivity index (χ0) is 20.3. The number of piperidine rings is 1. The Hall–Kier alpha value is -2.41. The predicted octanol–water partition coefficient (Wildman–Crippen LogP) is 1.94. The van der Waals surface area contributed by atoms with Crippen LogP contribution in [0.2, 0.25) is 0 Å². The molecule has 0 radical (unpaired) electrons. The Morgan fingerprint density at radius 2 is 1.82 bits per heavy atom. The number of hydrogen-bond acceptors (Lipinski definition) is 4. The van der Waals surface area contributed by atoms with Crippen molar-refractivity contribution >= 4 is 17.8 Å². The number of rotatable bonds is 6. The molecule has 2 N–H and O–H groups in total. The molecule has 4 amide bonds. The molecule has 7 heteroatoms. The fourth-order valence-corrected chi connectivity index (χ4v) is 4.28. The van der Waals surface area contributed by atoms with Gasteiger partial charge in [-0.05, 0) is 43.6 Å². The summed E-state index contributed by atoms with van der Waals surface area (Å²) in [6.07, 6.45) is 2.29. The maximum atomic E-state index is 12.8. The maximum Gasteiger partial charge on any atom is 0.344 e. The first kappa shape index (κ1) is 20.3. The van der Waals surface area contributed by atoms with Gasteiger partial charge in [-0.1, -0.05) is 44.2 Å². The summed E-state index contributed by atoms with van der Waals surface area (Å²) in [7, 11) is 0. The lowest BCUT2D eigenvalue weighted by atomic mass is 9.92. The number of aryl methyl sites for hydroxylation is 1. The molecule has 0 aliphatic carbocycles. The molecule has 2 saturated heterocycles. The van der Waals surface area contributed by atoms with Gasteiger partial charge in [0.25, 0.3) is 11.8 Å². The summed E-state index contributed by atoms with van der Waals surface area (Å²) < 4.78 is 0. The van der Waals surface area contributed by atoms with Crippen molar-refractivity contribution in [2.75, 3.05) is 19.6 Å².